The monoisotopic (exact) mass is 602 g/mol. The van der Waals surface area contributed by atoms with Crippen molar-refractivity contribution >= 4 is 22.4 Å². The van der Waals surface area contributed by atoms with Gasteiger partial charge in [0, 0.05) is 18.5 Å². The first-order chi connectivity index (χ1) is 20.8. The minimum absolute atomic E-state index is 0.402. The first-order valence-electron chi connectivity index (χ1n) is 14.3. The maximum atomic E-state index is 13.7. The maximum Gasteiger partial charge on any atom is 0.416 e. The Hall–Kier alpha value is -3.84. The second kappa shape index (κ2) is 13.6. The summed E-state index contributed by atoms with van der Waals surface area (Å²) >= 11 is 7.28. The highest BCUT2D eigenvalue weighted by molar-refractivity contribution is 6.22. The van der Waals surface area contributed by atoms with Gasteiger partial charge >= 0.3 is 6.18 Å². The Kier molecular flexibility index (Phi) is 9.71. The van der Waals surface area contributed by atoms with Crippen LogP contribution < -0.4 is 15.8 Å². The maximum absolute atomic E-state index is 13.7. The minimum Gasteiger partial charge on any atom is -0.493 e. The van der Waals surface area contributed by atoms with Crippen LogP contribution in [0.3, 0.4) is 0 Å². The first-order valence-corrected chi connectivity index (χ1v) is 14.7. The van der Waals surface area contributed by atoms with Crippen molar-refractivity contribution < 1.29 is 17.9 Å². The van der Waals surface area contributed by atoms with Crippen LogP contribution in [0, 0.1) is 0 Å². The van der Waals surface area contributed by atoms with Crippen molar-refractivity contribution in [2.24, 2.45) is 5.73 Å². The summed E-state index contributed by atoms with van der Waals surface area (Å²) < 4.78 is 47.2. The lowest BCUT2D eigenvalue weighted by Crippen LogP contribution is -2.43. The Morgan fingerprint density at radius 3 is 1.98 bits per heavy atom. The number of alkyl halides is 4. The molecule has 0 spiro atoms. The van der Waals surface area contributed by atoms with E-state index in [1.807, 2.05) is 97.1 Å². The molecule has 0 heterocycles. The average Bonchev–Trinajstić information content (AvgIpc) is 3.04. The summed E-state index contributed by atoms with van der Waals surface area (Å²) in [5, 5.41) is 4.87. The number of fused-ring (bicyclic) bond motifs is 1. The van der Waals surface area contributed by atoms with Gasteiger partial charge in [0.15, 0.2) is 0 Å². The molecule has 0 saturated carbocycles. The Labute approximate surface area is 255 Å². The molecule has 0 aromatic heterocycles. The topological polar surface area (TPSA) is 47.3 Å². The van der Waals surface area contributed by atoms with Crippen molar-refractivity contribution in [1.82, 2.24) is 5.32 Å². The summed E-state index contributed by atoms with van der Waals surface area (Å²) in [6, 6.07) is 36.8. The summed E-state index contributed by atoms with van der Waals surface area (Å²) in [6.07, 6.45) is -3.76. The standard InChI is InChI=1S/C36H34ClF3N2O/c37-34(26-11-7-17-30(23-26)36(38,39)40)35(28-13-3-1-4-14-28,29-15-5-2-6-16-29)25-42-21-10-22-43-33-20-9-18-31-27(24-41)12-8-19-32(31)33/h1-9,11-20,23,34,42H,10,21-22,24-25,41H2. The molecule has 0 aliphatic carbocycles. The highest BCUT2D eigenvalue weighted by Gasteiger charge is 2.42. The summed E-state index contributed by atoms with van der Waals surface area (Å²) in [5.74, 6) is 0.807. The molecule has 3 nitrogen and oxygen atoms in total. The number of nitrogens with one attached hydrogen (secondary N) is 1. The molecule has 1 unspecified atom stereocenters. The third-order valence-electron chi connectivity index (χ3n) is 7.87. The SMILES string of the molecule is NCc1cccc2c(OCCCNCC(c3ccccc3)(c3ccccc3)C(Cl)c3cccc(C(F)(F)F)c3)cccc12. The van der Waals surface area contributed by atoms with E-state index in [1.165, 1.54) is 6.07 Å². The highest BCUT2D eigenvalue weighted by atomic mass is 35.5. The Morgan fingerprint density at radius 1 is 0.721 bits per heavy atom. The first kappa shape index (κ1) is 30.6. The zero-order valence-electron chi connectivity index (χ0n) is 23.7. The molecule has 43 heavy (non-hydrogen) atoms. The van der Waals surface area contributed by atoms with Crippen LogP contribution in [0.1, 0.15) is 39.6 Å². The normalized spacial score (nSPS) is 12.8. The molecular weight excluding hydrogens is 569 g/mol. The van der Waals surface area contributed by atoms with E-state index in [-0.39, 0.29) is 0 Å². The van der Waals surface area contributed by atoms with E-state index in [2.05, 4.69) is 5.32 Å². The molecule has 0 bridgehead atoms. The van der Waals surface area contributed by atoms with E-state index in [4.69, 9.17) is 22.1 Å². The van der Waals surface area contributed by atoms with Crippen LogP contribution in [0.25, 0.3) is 10.8 Å². The van der Waals surface area contributed by atoms with E-state index < -0.39 is 22.5 Å². The molecule has 0 radical (unpaired) electrons. The van der Waals surface area contributed by atoms with Crippen LogP contribution in [0.5, 0.6) is 5.75 Å². The van der Waals surface area contributed by atoms with Gasteiger partial charge in [-0.1, -0.05) is 109 Å². The fraction of sp³-hybridized carbons (Fsp3) is 0.222. The number of benzene rings is 5. The number of nitrogens with two attached hydrogens (primary N) is 1. The van der Waals surface area contributed by atoms with Gasteiger partial charge in [0.2, 0.25) is 0 Å². The van der Waals surface area contributed by atoms with Crippen molar-refractivity contribution in [2.75, 3.05) is 19.7 Å². The van der Waals surface area contributed by atoms with Gasteiger partial charge in [-0.25, -0.2) is 0 Å². The molecule has 1 atom stereocenters. The van der Waals surface area contributed by atoms with Crippen LogP contribution in [0.2, 0.25) is 0 Å². The molecule has 3 N–H and O–H groups in total. The van der Waals surface area contributed by atoms with Gasteiger partial charge in [0.1, 0.15) is 5.75 Å². The van der Waals surface area contributed by atoms with E-state index in [1.54, 1.807) is 6.07 Å². The Bertz CT molecular complexity index is 1590. The number of hydrogen-bond acceptors (Lipinski definition) is 3. The largest absolute Gasteiger partial charge is 0.493 e. The van der Waals surface area contributed by atoms with E-state index in [0.29, 0.717) is 38.2 Å². The number of rotatable bonds is 12. The van der Waals surface area contributed by atoms with Gasteiger partial charge in [-0.2, -0.15) is 13.2 Å². The lowest BCUT2D eigenvalue weighted by molar-refractivity contribution is -0.137. The fourth-order valence-corrected chi connectivity index (χ4v) is 6.16. The molecule has 0 amide bonds. The lowest BCUT2D eigenvalue weighted by atomic mass is 9.69. The van der Waals surface area contributed by atoms with E-state index in [9.17, 15) is 13.2 Å². The molecule has 0 aliphatic heterocycles. The molecule has 5 aromatic rings. The highest BCUT2D eigenvalue weighted by Crippen LogP contribution is 2.47. The lowest BCUT2D eigenvalue weighted by Gasteiger charge is -2.40. The third kappa shape index (κ3) is 6.72. The van der Waals surface area contributed by atoms with Crippen molar-refractivity contribution in [3.05, 3.63) is 149 Å². The van der Waals surface area contributed by atoms with Crippen molar-refractivity contribution in [3.8, 4) is 5.75 Å². The average molecular weight is 603 g/mol. The zero-order chi connectivity index (χ0) is 30.3. The van der Waals surface area contributed by atoms with Crippen LogP contribution in [-0.4, -0.2) is 19.7 Å². The van der Waals surface area contributed by atoms with E-state index >= 15 is 0 Å². The van der Waals surface area contributed by atoms with Gasteiger partial charge in [-0.05, 0) is 52.7 Å². The smallest absolute Gasteiger partial charge is 0.416 e. The summed E-state index contributed by atoms with van der Waals surface area (Å²) in [4.78, 5) is 0. The number of halogens is 4. The van der Waals surface area contributed by atoms with Gasteiger partial charge < -0.3 is 15.8 Å². The quantitative estimate of drug-likeness (QED) is 0.111. The van der Waals surface area contributed by atoms with Crippen LogP contribution in [-0.2, 0) is 18.1 Å². The van der Waals surface area contributed by atoms with Gasteiger partial charge in [0.05, 0.1) is 23.0 Å². The second-order valence-corrected chi connectivity index (χ2v) is 11.0. The zero-order valence-corrected chi connectivity index (χ0v) is 24.4. The summed E-state index contributed by atoms with van der Waals surface area (Å²) in [7, 11) is 0. The predicted molar refractivity (Wildman–Crippen MR) is 169 cm³/mol. The van der Waals surface area contributed by atoms with Crippen LogP contribution >= 0.6 is 11.6 Å². The van der Waals surface area contributed by atoms with Crippen LogP contribution in [0.4, 0.5) is 13.2 Å². The molecule has 0 aliphatic rings. The number of ether oxygens (including phenoxy) is 1. The third-order valence-corrected chi connectivity index (χ3v) is 8.49. The second-order valence-electron chi connectivity index (χ2n) is 10.5. The Balaban J connectivity index is 1.38. The minimum atomic E-state index is -4.47. The summed E-state index contributed by atoms with van der Waals surface area (Å²) in [5.41, 5.74) is 7.63. The van der Waals surface area contributed by atoms with Gasteiger partial charge in [0.25, 0.3) is 0 Å². The molecule has 0 fully saturated rings. The number of hydrogen-bond donors (Lipinski definition) is 2. The van der Waals surface area contributed by atoms with Gasteiger partial charge in [-0.15, -0.1) is 11.6 Å². The molecule has 7 heteroatoms. The molecule has 5 rings (SSSR count). The summed E-state index contributed by atoms with van der Waals surface area (Å²) in [6.45, 7) is 1.96. The van der Waals surface area contributed by atoms with Crippen molar-refractivity contribution in [3.63, 3.8) is 0 Å². The molecule has 222 valence electrons. The molecular formula is C36H34ClF3N2O. The van der Waals surface area contributed by atoms with Crippen LogP contribution in [0.15, 0.2) is 121 Å². The van der Waals surface area contributed by atoms with Gasteiger partial charge in [-0.3, -0.25) is 0 Å². The van der Waals surface area contributed by atoms with E-state index in [0.717, 1.165) is 45.3 Å². The molecule has 5 aromatic carbocycles. The molecule has 0 saturated heterocycles. The van der Waals surface area contributed by atoms with Crippen molar-refractivity contribution in [2.45, 2.75) is 29.9 Å². The van der Waals surface area contributed by atoms with Crippen molar-refractivity contribution in [1.29, 1.82) is 0 Å². The Morgan fingerprint density at radius 2 is 1.33 bits per heavy atom. The predicted octanol–water partition coefficient (Wildman–Crippen LogP) is 8.64. The fourth-order valence-electron chi connectivity index (χ4n) is 5.70.